The Morgan fingerprint density at radius 1 is 1.17 bits per heavy atom. The minimum Gasteiger partial charge on any atom is -0.339 e. The van der Waals surface area contributed by atoms with Crippen LogP contribution in [0.5, 0.6) is 0 Å². The molecule has 0 aromatic rings. The van der Waals surface area contributed by atoms with Crippen molar-refractivity contribution in [1.82, 2.24) is 9.80 Å². The van der Waals surface area contributed by atoms with Crippen LogP contribution in [0.1, 0.15) is 39.0 Å². The lowest BCUT2D eigenvalue weighted by Crippen LogP contribution is -2.53. The Morgan fingerprint density at radius 2 is 1.78 bits per heavy atom. The van der Waals surface area contributed by atoms with Crippen molar-refractivity contribution >= 4 is 5.91 Å². The number of nitrogens with zero attached hydrogens (tertiary/aromatic N) is 2. The smallest absolute Gasteiger partial charge is 0.239 e. The van der Waals surface area contributed by atoms with Crippen molar-refractivity contribution in [2.75, 3.05) is 32.7 Å². The van der Waals surface area contributed by atoms with Crippen molar-refractivity contribution in [2.24, 2.45) is 11.7 Å². The van der Waals surface area contributed by atoms with Crippen LogP contribution in [0.15, 0.2) is 0 Å². The van der Waals surface area contributed by atoms with Gasteiger partial charge in [0.05, 0.1) is 6.04 Å². The molecule has 1 amide bonds. The summed E-state index contributed by atoms with van der Waals surface area (Å²) in [7, 11) is 0. The molecule has 1 atom stereocenters. The van der Waals surface area contributed by atoms with E-state index in [-0.39, 0.29) is 11.9 Å². The fourth-order valence-corrected chi connectivity index (χ4v) is 3.17. The number of piperazine rings is 1. The molecule has 2 fully saturated rings. The summed E-state index contributed by atoms with van der Waals surface area (Å²) in [5, 5.41) is 0. The summed E-state index contributed by atoms with van der Waals surface area (Å²) in [6.45, 7) is 6.76. The third-order valence-electron chi connectivity index (χ3n) is 4.31. The summed E-state index contributed by atoms with van der Waals surface area (Å²) in [5.74, 6) is 1.00. The number of nitrogens with two attached hydrogens (primary N) is 1. The Bertz CT molecular complexity index is 266. The third-order valence-corrected chi connectivity index (χ3v) is 4.31. The van der Waals surface area contributed by atoms with Gasteiger partial charge in [-0.15, -0.1) is 0 Å². The first-order chi connectivity index (χ1) is 8.66. The molecule has 0 radical (unpaired) electrons. The van der Waals surface area contributed by atoms with Gasteiger partial charge in [0.1, 0.15) is 0 Å². The SMILES string of the molecule is C[C@@H](N)C(=O)N1CCN(CC2CCCCC2)CC1. The molecule has 2 N–H and O–H groups in total. The number of hydrogen-bond acceptors (Lipinski definition) is 3. The van der Waals surface area contributed by atoms with Gasteiger partial charge in [-0.3, -0.25) is 9.69 Å². The van der Waals surface area contributed by atoms with Crippen LogP contribution < -0.4 is 5.73 Å². The first-order valence-corrected chi connectivity index (χ1v) is 7.43. The van der Waals surface area contributed by atoms with Gasteiger partial charge in [0.25, 0.3) is 0 Å². The molecular formula is C14H27N3O. The lowest BCUT2D eigenvalue weighted by atomic mass is 9.89. The quantitative estimate of drug-likeness (QED) is 0.818. The Balaban J connectivity index is 1.71. The van der Waals surface area contributed by atoms with Crippen LogP contribution in [0.2, 0.25) is 0 Å². The van der Waals surface area contributed by atoms with E-state index in [4.69, 9.17) is 5.73 Å². The molecule has 1 saturated heterocycles. The molecule has 2 aliphatic rings. The summed E-state index contributed by atoms with van der Waals surface area (Å²) in [4.78, 5) is 16.2. The van der Waals surface area contributed by atoms with E-state index < -0.39 is 0 Å². The van der Waals surface area contributed by atoms with Gasteiger partial charge in [-0.25, -0.2) is 0 Å². The summed E-state index contributed by atoms with van der Waals surface area (Å²) >= 11 is 0. The van der Waals surface area contributed by atoms with Gasteiger partial charge in [0, 0.05) is 32.7 Å². The minimum atomic E-state index is -0.352. The van der Waals surface area contributed by atoms with Crippen LogP contribution in [-0.4, -0.2) is 54.5 Å². The second-order valence-corrected chi connectivity index (χ2v) is 5.92. The molecule has 0 aromatic carbocycles. The van der Waals surface area contributed by atoms with E-state index in [1.165, 1.54) is 38.6 Å². The molecule has 0 aromatic heterocycles. The Morgan fingerprint density at radius 3 is 2.33 bits per heavy atom. The monoisotopic (exact) mass is 253 g/mol. The maximum absolute atomic E-state index is 11.8. The van der Waals surface area contributed by atoms with Crippen molar-refractivity contribution < 1.29 is 4.79 Å². The molecule has 0 unspecified atom stereocenters. The minimum absolute atomic E-state index is 0.104. The zero-order chi connectivity index (χ0) is 13.0. The highest BCUT2D eigenvalue weighted by Crippen LogP contribution is 2.24. The first-order valence-electron chi connectivity index (χ1n) is 7.43. The van der Waals surface area contributed by atoms with Crippen LogP contribution in [-0.2, 0) is 4.79 Å². The summed E-state index contributed by atoms with van der Waals surface area (Å²) in [6.07, 6.45) is 7.05. The van der Waals surface area contributed by atoms with Crippen LogP contribution in [0.4, 0.5) is 0 Å². The zero-order valence-corrected chi connectivity index (χ0v) is 11.6. The highest BCUT2D eigenvalue weighted by molar-refractivity contribution is 5.81. The maximum Gasteiger partial charge on any atom is 0.239 e. The van der Waals surface area contributed by atoms with Gasteiger partial charge in [-0.05, 0) is 25.7 Å². The first kappa shape index (κ1) is 13.8. The number of hydrogen-bond donors (Lipinski definition) is 1. The molecule has 18 heavy (non-hydrogen) atoms. The van der Waals surface area contributed by atoms with E-state index >= 15 is 0 Å². The molecular weight excluding hydrogens is 226 g/mol. The van der Waals surface area contributed by atoms with Gasteiger partial charge in [-0.2, -0.15) is 0 Å². The molecule has 1 saturated carbocycles. The zero-order valence-electron chi connectivity index (χ0n) is 11.6. The predicted octanol–water partition coefficient (Wildman–Crippen LogP) is 1.06. The average Bonchev–Trinajstić information content (AvgIpc) is 2.40. The van der Waals surface area contributed by atoms with Gasteiger partial charge in [0.2, 0.25) is 5.91 Å². The number of carbonyl (C=O) groups excluding carboxylic acids is 1. The van der Waals surface area contributed by atoms with Gasteiger partial charge < -0.3 is 10.6 Å². The van der Waals surface area contributed by atoms with E-state index in [0.29, 0.717) is 0 Å². The van der Waals surface area contributed by atoms with Gasteiger partial charge in [-0.1, -0.05) is 19.3 Å². The Kier molecular flexibility index (Phi) is 5.01. The van der Waals surface area contributed by atoms with E-state index in [9.17, 15) is 4.79 Å². The van der Waals surface area contributed by atoms with Crippen LogP contribution in [0.25, 0.3) is 0 Å². The Hall–Kier alpha value is -0.610. The number of rotatable bonds is 3. The Labute approximate surface area is 110 Å². The molecule has 1 aliphatic carbocycles. The highest BCUT2D eigenvalue weighted by Gasteiger charge is 2.24. The second-order valence-electron chi connectivity index (χ2n) is 5.92. The number of carbonyl (C=O) groups is 1. The van der Waals surface area contributed by atoms with Crippen molar-refractivity contribution in [3.63, 3.8) is 0 Å². The van der Waals surface area contributed by atoms with Crippen molar-refractivity contribution in [1.29, 1.82) is 0 Å². The fourth-order valence-electron chi connectivity index (χ4n) is 3.17. The van der Waals surface area contributed by atoms with Crippen molar-refractivity contribution in [3.05, 3.63) is 0 Å². The van der Waals surface area contributed by atoms with E-state index in [0.717, 1.165) is 32.1 Å². The van der Waals surface area contributed by atoms with Gasteiger partial charge >= 0.3 is 0 Å². The molecule has 1 aliphatic heterocycles. The lowest BCUT2D eigenvalue weighted by molar-refractivity contribution is -0.134. The maximum atomic E-state index is 11.8. The average molecular weight is 253 g/mol. The van der Waals surface area contributed by atoms with Crippen molar-refractivity contribution in [2.45, 2.75) is 45.1 Å². The van der Waals surface area contributed by atoms with Crippen LogP contribution >= 0.6 is 0 Å². The normalized spacial score (nSPS) is 25.1. The molecule has 4 nitrogen and oxygen atoms in total. The molecule has 104 valence electrons. The summed E-state index contributed by atoms with van der Waals surface area (Å²) in [5.41, 5.74) is 5.65. The third kappa shape index (κ3) is 3.69. The predicted molar refractivity (Wildman–Crippen MR) is 73.2 cm³/mol. The topological polar surface area (TPSA) is 49.6 Å². The van der Waals surface area contributed by atoms with E-state index in [2.05, 4.69) is 4.90 Å². The van der Waals surface area contributed by atoms with E-state index in [1.807, 2.05) is 4.90 Å². The van der Waals surface area contributed by atoms with Crippen LogP contribution in [0.3, 0.4) is 0 Å². The van der Waals surface area contributed by atoms with E-state index in [1.54, 1.807) is 6.92 Å². The molecule has 0 spiro atoms. The second kappa shape index (κ2) is 6.53. The fraction of sp³-hybridized carbons (Fsp3) is 0.929. The highest BCUT2D eigenvalue weighted by atomic mass is 16.2. The lowest BCUT2D eigenvalue weighted by Gasteiger charge is -2.37. The molecule has 4 heteroatoms. The molecule has 0 bridgehead atoms. The van der Waals surface area contributed by atoms with Gasteiger partial charge in [0.15, 0.2) is 0 Å². The largest absolute Gasteiger partial charge is 0.339 e. The standard InChI is InChI=1S/C14H27N3O/c1-12(15)14(18)17-9-7-16(8-10-17)11-13-5-3-2-4-6-13/h12-13H,2-11,15H2,1H3/t12-/m1/s1. The van der Waals surface area contributed by atoms with Crippen molar-refractivity contribution in [3.8, 4) is 0 Å². The molecule has 2 rings (SSSR count). The summed E-state index contributed by atoms with van der Waals surface area (Å²) in [6, 6.07) is -0.352. The summed E-state index contributed by atoms with van der Waals surface area (Å²) < 4.78 is 0. The molecule has 1 heterocycles. The number of amides is 1. The van der Waals surface area contributed by atoms with Crippen LogP contribution in [0, 0.1) is 5.92 Å².